The van der Waals surface area contributed by atoms with E-state index < -0.39 is 0 Å². The third-order valence-corrected chi connectivity index (χ3v) is 3.82. The first-order valence-electron chi connectivity index (χ1n) is 7.56. The van der Waals surface area contributed by atoms with Gasteiger partial charge in [-0.05, 0) is 42.0 Å². The smallest absolute Gasteiger partial charge is 0.272 e. The highest BCUT2D eigenvalue weighted by Gasteiger charge is 2.11. The molecule has 0 atom stereocenters. The Labute approximate surface area is 161 Å². The maximum atomic E-state index is 12.0. The number of nitrogens with zero attached hydrogens (tertiary/aromatic N) is 2. The molecule has 6 nitrogen and oxygen atoms in total. The Morgan fingerprint density at radius 2 is 1.56 bits per heavy atom. The van der Waals surface area contributed by atoms with E-state index in [4.69, 9.17) is 0 Å². The van der Waals surface area contributed by atoms with Gasteiger partial charge in [0.25, 0.3) is 11.1 Å². The van der Waals surface area contributed by atoms with Crippen LogP contribution in [0.15, 0.2) is 57.0 Å². The van der Waals surface area contributed by atoms with Crippen molar-refractivity contribution in [3.8, 4) is 0 Å². The molecule has 130 valence electrons. The Morgan fingerprint density at radius 1 is 0.920 bits per heavy atom. The molecule has 0 aliphatic rings. The maximum Gasteiger partial charge on any atom is 0.272 e. The molecule has 0 aliphatic carbocycles. The van der Waals surface area contributed by atoms with Gasteiger partial charge < -0.3 is 24.0 Å². The first kappa shape index (κ1) is 19.1. The predicted octanol–water partition coefficient (Wildman–Crippen LogP) is -0.832. The van der Waals surface area contributed by atoms with E-state index in [9.17, 15) is 9.59 Å². The minimum atomic E-state index is -0.363. The number of fused-ring (bicyclic) bond motifs is 1. The minimum absolute atomic E-state index is 0. The molecule has 0 amide bonds. The van der Waals surface area contributed by atoms with Crippen LogP contribution in [0.3, 0.4) is 0 Å². The number of aromatic amines is 2. The first-order chi connectivity index (χ1) is 11.4. The zero-order valence-electron chi connectivity index (χ0n) is 14.2. The van der Waals surface area contributed by atoms with Crippen LogP contribution >= 0.6 is 0 Å². The molecule has 3 rings (SSSR count). The maximum absolute atomic E-state index is 12.0. The number of benzene rings is 2. The summed E-state index contributed by atoms with van der Waals surface area (Å²) in [6.45, 7) is 0. The molecule has 0 radical (unpaired) electrons. The lowest BCUT2D eigenvalue weighted by Crippen LogP contribution is -3.00. The molecule has 0 unspecified atom stereocenters. The SMILES string of the molecule is C[N+](C)(C)c1ccc(C=Nc2cccc3c(=O)[nH][nH]c(=O)c23)cc1.[I-]. The van der Waals surface area contributed by atoms with E-state index in [2.05, 4.69) is 36.3 Å². The second kappa shape index (κ2) is 7.32. The van der Waals surface area contributed by atoms with Crippen molar-refractivity contribution in [3.05, 3.63) is 68.7 Å². The van der Waals surface area contributed by atoms with Crippen LogP contribution in [0, 0.1) is 0 Å². The Balaban J connectivity index is 0.00000225. The molecule has 0 aliphatic heterocycles. The fourth-order valence-corrected chi connectivity index (χ4v) is 2.47. The summed E-state index contributed by atoms with van der Waals surface area (Å²) in [5.74, 6) is 0. The highest BCUT2D eigenvalue weighted by molar-refractivity contribution is 5.94. The number of halogens is 1. The van der Waals surface area contributed by atoms with E-state index in [0.29, 0.717) is 16.5 Å². The minimum Gasteiger partial charge on any atom is -1.00 e. The summed E-state index contributed by atoms with van der Waals surface area (Å²) >= 11 is 0. The van der Waals surface area contributed by atoms with Gasteiger partial charge >= 0.3 is 0 Å². The van der Waals surface area contributed by atoms with E-state index in [1.165, 1.54) is 5.69 Å². The quantitative estimate of drug-likeness (QED) is 0.311. The van der Waals surface area contributed by atoms with E-state index in [0.717, 1.165) is 10.0 Å². The van der Waals surface area contributed by atoms with Gasteiger partial charge in [0, 0.05) is 6.21 Å². The number of aliphatic imine (C=N–C) groups is 1. The van der Waals surface area contributed by atoms with E-state index in [1.807, 2.05) is 24.3 Å². The van der Waals surface area contributed by atoms with Crippen molar-refractivity contribution < 1.29 is 24.0 Å². The number of rotatable bonds is 3. The number of quaternary nitrogens is 1. The fourth-order valence-electron chi connectivity index (χ4n) is 2.47. The molecule has 2 N–H and O–H groups in total. The van der Waals surface area contributed by atoms with Gasteiger partial charge in [-0.1, -0.05) is 6.07 Å². The molecular weight excluding hydrogens is 431 g/mol. The lowest BCUT2D eigenvalue weighted by molar-refractivity contribution is -0.00000522. The number of aromatic nitrogens is 2. The molecule has 1 aromatic heterocycles. The van der Waals surface area contributed by atoms with Crippen LogP contribution in [0.25, 0.3) is 10.8 Å². The van der Waals surface area contributed by atoms with Crippen molar-refractivity contribution in [1.82, 2.24) is 14.7 Å². The van der Waals surface area contributed by atoms with Crippen molar-refractivity contribution >= 4 is 28.4 Å². The van der Waals surface area contributed by atoms with Crippen molar-refractivity contribution in [3.63, 3.8) is 0 Å². The Bertz CT molecular complexity index is 1030. The van der Waals surface area contributed by atoms with E-state index >= 15 is 0 Å². The molecule has 0 saturated carbocycles. The zero-order chi connectivity index (χ0) is 17.3. The summed E-state index contributed by atoms with van der Waals surface area (Å²) in [6, 6.07) is 13.1. The lowest BCUT2D eigenvalue weighted by atomic mass is 10.1. The molecule has 0 saturated heterocycles. The van der Waals surface area contributed by atoms with Crippen LogP contribution in [-0.2, 0) is 0 Å². The molecule has 0 bridgehead atoms. The summed E-state index contributed by atoms with van der Waals surface area (Å²) < 4.78 is 0.735. The summed E-state index contributed by atoms with van der Waals surface area (Å²) in [7, 11) is 6.30. The van der Waals surface area contributed by atoms with Crippen molar-refractivity contribution in [1.29, 1.82) is 0 Å². The molecule has 1 heterocycles. The number of H-pyrrole nitrogens is 2. The van der Waals surface area contributed by atoms with Gasteiger partial charge in [-0.2, -0.15) is 0 Å². The molecule has 25 heavy (non-hydrogen) atoms. The van der Waals surface area contributed by atoms with Crippen LogP contribution in [0.1, 0.15) is 5.56 Å². The van der Waals surface area contributed by atoms with Crippen LogP contribution < -0.4 is 39.6 Å². The normalized spacial score (nSPS) is 11.6. The van der Waals surface area contributed by atoms with Crippen LogP contribution in [0.2, 0.25) is 0 Å². The summed E-state index contributed by atoms with van der Waals surface area (Å²) in [4.78, 5) is 28.2. The highest BCUT2D eigenvalue weighted by atomic mass is 127. The molecule has 2 aromatic carbocycles. The zero-order valence-corrected chi connectivity index (χ0v) is 16.4. The molecule has 0 spiro atoms. The van der Waals surface area contributed by atoms with E-state index in [-0.39, 0.29) is 35.1 Å². The van der Waals surface area contributed by atoms with Gasteiger partial charge in [-0.25, -0.2) is 0 Å². The highest BCUT2D eigenvalue weighted by Crippen LogP contribution is 2.21. The van der Waals surface area contributed by atoms with Crippen molar-refractivity contribution in [2.75, 3.05) is 21.1 Å². The Kier molecular flexibility index (Phi) is 5.58. The fraction of sp³-hybridized carbons (Fsp3) is 0.167. The van der Waals surface area contributed by atoms with Gasteiger partial charge in [-0.15, -0.1) is 0 Å². The second-order valence-corrected chi connectivity index (χ2v) is 6.47. The third-order valence-electron chi connectivity index (χ3n) is 3.82. The molecular formula is C18H19IN4O2. The average Bonchev–Trinajstić information content (AvgIpc) is 2.56. The van der Waals surface area contributed by atoms with Crippen LogP contribution in [0.4, 0.5) is 11.4 Å². The number of hydrogen-bond acceptors (Lipinski definition) is 3. The number of hydrogen-bond donors (Lipinski definition) is 2. The Hall–Kier alpha value is -2.26. The molecule has 0 fully saturated rings. The van der Waals surface area contributed by atoms with Crippen LogP contribution in [-0.4, -0.2) is 37.6 Å². The summed E-state index contributed by atoms with van der Waals surface area (Å²) in [5.41, 5.74) is 1.87. The summed E-state index contributed by atoms with van der Waals surface area (Å²) in [5, 5.41) is 5.27. The van der Waals surface area contributed by atoms with Gasteiger partial charge in [0.15, 0.2) is 0 Å². The monoisotopic (exact) mass is 450 g/mol. The van der Waals surface area contributed by atoms with Crippen LogP contribution in [0.5, 0.6) is 0 Å². The largest absolute Gasteiger partial charge is 1.00 e. The third kappa shape index (κ3) is 4.05. The average molecular weight is 450 g/mol. The second-order valence-electron chi connectivity index (χ2n) is 6.47. The van der Waals surface area contributed by atoms with Gasteiger partial charge in [0.2, 0.25) is 0 Å². The van der Waals surface area contributed by atoms with Gasteiger partial charge in [0.05, 0.1) is 37.6 Å². The predicted molar refractivity (Wildman–Crippen MR) is 98.5 cm³/mol. The van der Waals surface area contributed by atoms with Crippen molar-refractivity contribution in [2.24, 2.45) is 4.99 Å². The number of nitrogens with one attached hydrogen (secondary N) is 2. The standard InChI is InChI=1S/C18H18N4O2.HI/c1-22(2,3)13-9-7-12(8-10-13)11-19-15-6-4-5-14-16(15)18(24)21-20-17(14)23;/h4-11H,1-3H3,(H-,20,21,23,24);1H. The van der Waals surface area contributed by atoms with Gasteiger partial charge in [0.1, 0.15) is 5.69 Å². The first-order valence-corrected chi connectivity index (χ1v) is 7.56. The summed E-state index contributed by atoms with van der Waals surface area (Å²) in [6.07, 6.45) is 1.69. The Morgan fingerprint density at radius 3 is 2.20 bits per heavy atom. The topological polar surface area (TPSA) is 78.1 Å². The van der Waals surface area contributed by atoms with Gasteiger partial charge in [-0.3, -0.25) is 29.3 Å². The van der Waals surface area contributed by atoms with E-state index in [1.54, 1.807) is 24.4 Å². The van der Waals surface area contributed by atoms with Crippen molar-refractivity contribution in [2.45, 2.75) is 0 Å². The molecule has 3 aromatic rings. The lowest BCUT2D eigenvalue weighted by Gasteiger charge is -2.23. The molecule has 7 heteroatoms.